The summed E-state index contributed by atoms with van der Waals surface area (Å²) in [7, 11) is 0. The summed E-state index contributed by atoms with van der Waals surface area (Å²) >= 11 is 0. The van der Waals surface area contributed by atoms with Crippen molar-refractivity contribution in [1.29, 1.82) is 0 Å². The number of carbonyl (C=O) groups is 2. The highest BCUT2D eigenvalue weighted by atomic mass is 16.4. The van der Waals surface area contributed by atoms with E-state index in [1.54, 1.807) is 0 Å². The van der Waals surface area contributed by atoms with Crippen LogP contribution in [0.2, 0.25) is 0 Å². The fourth-order valence-electron chi connectivity index (χ4n) is 1.45. The van der Waals surface area contributed by atoms with Crippen LogP contribution < -0.4 is 10.6 Å². The maximum Gasteiger partial charge on any atom is 0.335 e. The van der Waals surface area contributed by atoms with Gasteiger partial charge in [-0.05, 0) is 23.5 Å². The maximum atomic E-state index is 11.7. The molecule has 0 saturated heterocycles. The molecule has 3 N–H and O–H groups in total. The molecule has 0 saturated carbocycles. The van der Waals surface area contributed by atoms with Crippen LogP contribution in [0, 0.1) is 11.3 Å². The van der Waals surface area contributed by atoms with Crippen LogP contribution in [0.3, 0.4) is 0 Å². The lowest BCUT2D eigenvalue weighted by atomic mass is 9.81. The predicted molar refractivity (Wildman–Crippen MR) is 80.1 cm³/mol. The minimum absolute atomic E-state index is 0.0127. The highest BCUT2D eigenvalue weighted by Gasteiger charge is 2.22. The molecule has 21 heavy (non-hydrogen) atoms. The van der Waals surface area contributed by atoms with Gasteiger partial charge in [-0.1, -0.05) is 27.7 Å². The first kappa shape index (κ1) is 16.9. The molecule has 0 radical (unpaired) electrons. The van der Waals surface area contributed by atoms with Crippen LogP contribution in [0.1, 0.15) is 43.7 Å². The molecule has 0 spiro atoms. The number of rotatable bonds is 6. The van der Waals surface area contributed by atoms with Gasteiger partial charge in [0.25, 0.3) is 0 Å². The van der Waals surface area contributed by atoms with Gasteiger partial charge >= 0.3 is 12.0 Å². The average Bonchev–Trinajstić information content (AvgIpc) is 2.43. The van der Waals surface area contributed by atoms with Crippen molar-refractivity contribution in [1.82, 2.24) is 15.6 Å². The molecule has 1 aromatic rings. The van der Waals surface area contributed by atoms with E-state index >= 15 is 0 Å². The number of aromatic carboxylic acids is 1. The summed E-state index contributed by atoms with van der Waals surface area (Å²) in [6.07, 6.45) is 1.42. The van der Waals surface area contributed by atoms with Crippen LogP contribution in [-0.2, 0) is 6.54 Å². The van der Waals surface area contributed by atoms with Gasteiger partial charge in [-0.25, -0.2) is 9.59 Å². The number of nitrogens with one attached hydrogen (secondary N) is 2. The quantitative estimate of drug-likeness (QED) is 0.750. The van der Waals surface area contributed by atoms with E-state index in [0.29, 0.717) is 18.2 Å². The molecule has 0 fully saturated rings. The van der Waals surface area contributed by atoms with E-state index in [4.69, 9.17) is 5.11 Å². The number of carboxylic acids is 1. The lowest BCUT2D eigenvalue weighted by Crippen LogP contribution is -2.42. The maximum absolute atomic E-state index is 11.7. The molecule has 0 aliphatic carbocycles. The van der Waals surface area contributed by atoms with E-state index in [2.05, 4.69) is 43.3 Å². The summed E-state index contributed by atoms with van der Waals surface area (Å²) in [5, 5.41) is 14.4. The van der Waals surface area contributed by atoms with Crippen molar-refractivity contribution in [2.75, 3.05) is 6.54 Å². The number of nitrogens with zero attached hydrogens (tertiary/aromatic N) is 1. The third-order valence-electron chi connectivity index (χ3n) is 3.76. The normalized spacial score (nSPS) is 11.3. The summed E-state index contributed by atoms with van der Waals surface area (Å²) in [6.45, 7) is 9.17. The lowest BCUT2D eigenvalue weighted by Gasteiger charge is -2.29. The second-order valence-corrected chi connectivity index (χ2v) is 6.02. The van der Waals surface area contributed by atoms with E-state index in [9.17, 15) is 9.59 Å². The van der Waals surface area contributed by atoms with Gasteiger partial charge < -0.3 is 15.7 Å². The van der Waals surface area contributed by atoms with Crippen LogP contribution in [0.15, 0.2) is 18.3 Å². The Kier molecular flexibility index (Phi) is 5.69. The highest BCUT2D eigenvalue weighted by molar-refractivity contribution is 5.87. The van der Waals surface area contributed by atoms with Crippen LogP contribution in [0.5, 0.6) is 0 Å². The number of aromatic nitrogens is 1. The fourth-order valence-corrected chi connectivity index (χ4v) is 1.45. The minimum atomic E-state index is -1.01. The van der Waals surface area contributed by atoms with Crippen molar-refractivity contribution in [2.24, 2.45) is 11.3 Å². The van der Waals surface area contributed by atoms with Gasteiger partial charge in [0.15, 0.2) is 0 Å². The molecule has 0 atom stereocenters. The first-order valence-electron chi connectivity index (χ1n) is 6.92. The predicted octanol–water partition coefficient (Wildman–Crippen LogP) is 2.26. The summed E-state index contributed by atoms with van der Waals surface area (Å²) in [5.41, 5.74) is 0.676. The molecule has 0 aliphatic rings. The van der Waals surface area contributed by atoms with E-state index < -0.39 is 5.97 Å². The number of urea groups is 1. The second-order valence-electron chi connectivity index (χ2n) is 6.02. The molecule has 1 rings (SSSR count). The second kappa shape index (κ2) is 7.06. The van der Waals surface area contributed by atoms with Gasteiger partial charge in [0, 0.05) is 12.7 Å². The number of hydrogen-bond donors (Lipinski definition) is 3. The number of amides is 2. The third-order valence-corrected chi connectivity index (χ3v) is 3.76. The van der Waals surface area contributed by atoms with Crippen molar-refractivity contribution in [3.63, 3.8) is 0 Å². The van der Waals surface area contributed by atoms with Gasteiger partial charge in [0.1, 0.15) is 0 Å². The molecule has 0 aliphatic heterocycles. The number of hydrogen-bond acceptors (Lipinski definition) is 3. The molecule has 0 bridgehead atoms. The Morgan fingerprint density at radius 2 is 2.00 bits per heavy atom. The number of carbonyl (C=O) groups excluding carboxylic acids is 1. The van der Waals surface area contributed by atoms with Crippen LogP contribution in [0.25, 0.3) is 0 Å². The Labute approximate surface area is 125 Å². The van der Waals surface area contributed by atoms with Crippen molar-refractivity contribution in [3.8, 4) is 0 Å². The average molecular weight is 293 g/mol. The lowest BCUT2D eigenvalue weighted by molar-refractivity contribution is 0.0696. The standard InChI is InChI=1S/C15H23N3O3/c1-10(2)15(3,4)9-18-14(21)17-8-12-7-11(13(19)20)5-6-16-12/h5-7,10H,8-9H2,1-4H3,(H,19,20)(H2,17,18,21). The molecule has 116 valence electrons. The molecule has 1 heterocycles. The van der Waals surface area contributed by atoms with Gasteiger partial charge in [-0.2, -0.15) is 0 Å². The third kappa shape index (κ3) is 5.41. The molecule has 6 nitrogen and oxygen atoms in total. The minimum Gasteiger partial charge on any atom is -0.478 e. The monoisotopic (exact) mass is 293 g/mol. The largest absolute Gasteiger partial charge is 0.478 e. The molecular formula is C15H23N3O3. The van der Waals surface area contributed by atoms with E-state index in [1.165, 1.54) is 18.3 Å². The number of carboxylic acid groups (broad SMARTS) is 1. The molecule has 1 aromatic heterocycles. The summed E-state index contributed by atoms with van der Waals surface area (Å²) in [5.74, 6) is -0.562. The van der Waals surface area contributed by atoms with E-state index in [1.807, 2.05) is 0 Å². The zero-order valence-corrected chi connectivity index (χ0v) is 12.9. The first-order chi connectivity index (χ1) is 9.72. The van der Waals surface area contributed by atoms with E-state index in [0.717, 1.165) is 0 Å². The Balaban J connectivity index is 2.47. The van der Waals surface area contributed by atoms with Crippen LogP contribution in [0.4, 0.5) is 4.79 Å². The topological polar surface area (TPSA) is 91.3 Å². The molecule has 2 amide bonds. The molecule has 6 heteroatoms. The smallest absolute Gasteiger partial charge is 0.335 e. The number of pyridine rings is 1. The van der Waals surface area contributed by atoms with Gasteiger partial charge in [0.05, 0.1) is 17.8 Å². The fraction of sp³-hybridized carbons (Fsp3) is 0.533. The Morgan fingerprint density at radius 1 is 1.33 bits per heavy atom. The SMILES string of the molecule is CC(C)C(C)(C)CNC(=O)NCc1cc(C(=O)O)ccn1. The summed E-state index contributed by atoms with van der Waals surface area (Å²) in [6, 6.07) is 2.57. The van der Waals surface area contributed by atoms with Crippen LogP contribution >= 0.6 is 0 Å². The first-order valence-corrected chi connectivity index (χ1v) is 6.92. The van der Waals surface area contributed by atoms with E-state index in [-0.39, 0.29) is 23.6 Å². The zero-order chi connectivity index (χ0) is 16.0. The zero-order valence-electron chi connectivity index (χ0n) is 12.9. The van der Waals surface area contributed by atoms with Gasteiger partial charge in [-0.3, -0.25) is 4.98 Å². The Bertz CT molecular complexity index is 513. The van der Waals surface area contributed by atoms with Crippen molar-refractivity contribution in [2.45, 2.75) is 34.2 Å². The van der Waals surface area contributed by atoms with Gasteiger partial charge in [0.2, 0.25) is 0 Å². The van der Waals surface area contributed by atoms with Gasteiger partial charge in [-0.15, -0.1) is 0 Å². The molecule has 0 aromatic carbocycles. The van der Waals surface area contributed by atoms with Crippen molar-refractivity contribution >= 4 is 12.0 Å². The molecule has 0 unspecified atom stereocenters. The Morgan fingerprint density at radius 3 is 2.57 bits per heavy atom. The molecular weight excluding hydrogens is 270 g/mol. The van der Waals surface area contributed by atoms with Crippen LogP contribution in [-0.4, -0.2) is 28.6 Å². The summed E-state index contributed by atoms with van der Waals surface area (Å²) in [4.78, 5) is 26.6. The Hall–Kier alpha value is -2.11. The van der Waals surface area contributed by atoms with Crippen molar-refractivity contribution in [3.05, 3.63) is 29.6 Å². The van der Waals surface area contributed by atoms with Crippen molar-refractivity contribution < 1.29 is 14.7 Å². The highest BCUT2D eigenvalue weighted by Crippen LogP contribution is 2.24. The summed E-state index contributed by atoms with van der Waals surface area (Å²) < 4.78 is 0.